The Balaban J connectivity index is 2.05. The van der Waals surface area contributed by atoms with Crippen molar-refractivity contribution >= 4 is 11.6 Å². The molecule has 5 nitrogen and oxygen atoms in total. The predicted octanol–water partition coefficient (Wildman–Crippen LogP) is 2.75. The number of hydrogen-bond acceptors (Lipinski definition) is 5. The second kappa shape index (κ2) is 6.54. The number of halogens is 1. The van der Waals surface area contributed by atoms with E-state index in [9.17, 15) is 5.11 Å². The normalized spacial score (nSPS) is 10.7. The third kappa shape index (κ3) is 3.45. The monoisotopic (exact) mass is 282 g/mol. The summed E-state index contributed by atoms with van der Waals surface area (Å²) < 4.78 is 10.6. The SMILES string of the molecule is CCCc1noc(COc2c(Cl)cccc2CO)n1. The van der Waals surface area contributed by atoms with Gasteiger partial charge in [0.25, 0.3) is 5.89 Å². The van der Waals surface area contributed by atoms with Crippen LogP contribution in [0.3, 0.4) is 0 Å². The number of rotatable bonds is 6. The minimum atomic E-state index is -0.138. The largest absolute Gasteiger partial charge is 0.482 e. The highest BCUT2D eigenvalue weighted by atomic mass is 35.5. The molecular weight excluding hydrogens is 268 g/mol. The van der Waals surface area contributed by atoms with Gasteiger partial charge in [-0.05, 0) is 12.5 Å². The van der Waals surface area contributed by atoms with Crippen LogP contribution in [0.15, 0.2) is 22.7 Å². The highest BCUT2D eigenvalue weighted by molar-refractivity contribution is 6.32. The Hall–Kier alpha value is -1.59. The lowest BCUT2D eigenvalue weighted by atomic mass is 10.2. The number of nitrogens with zero attached hydrogens (tertiary/aromatic N) is 2. The van der Waals surface area contributed by atoms with Crippen molar-refractivity contribution in [1.29, 1.82) is 0 Å². The summed E-state index contributed by atoms with van der Waals surface area (Å²) in [6, 6.07) is 5.21. The molecule has 1 aromatic carbocycles. The van der Waals surface area contributed by atoms with E-state index in [1.165, 1.54) is 0 Å². The summed E-state index contributed by atoms with van der Waals surface area (Å²) >= 11 is 6.03. The molecule has 0 bridgehead atoms. The van der Waals surface area contributed by atoms with Crippen LogP contribution in [0.4, 0.5) is 0 Å². The summed E-state index contributed by atoms with van der Waals surface area (Å²) in [5, 5.41) is 13.5. The van der Waals surface area contributed by atoms with Crippen molar-refractivity contribution in [3.8, 4) is 5.75 Å². The van der Waals surface area contributed by atoms with Gasteiger partial charge in [0.15, 0.2) is 12.4 Å². The fourth-order valence-corrected chi connectivity index (χ4v) is 1.90. The van der Waals surface area contributed by atoms with E-state index >= 15 is 0 Å². The molecule has 1 heterocycles. The standard InChI is InChI=1S/C13H15ClN2O3/c1-2-4-11-15-12(19-16-11)8-18-13-9(7-17)5-3-6-10(13)14/h3,5-6,17H,2,4,7-8H2,1H3. The molecule has 1 N–H and O–H groups in total. The van der Waals surface area contributed by atoms with Crippen molar-refractivity contribution in [2.45, 2.75) is 33.0 Å². The molecule has 102 valence electrons. The van der Waals surface area contributed by atoms with Crippen LogP contribution in [0.5, 0.6) is 5.75 Å². The summed E-state index contributed by atoms with van der Waals surface area (Å²) in [6.07, 6.45) is 1.73. The van der Waals surface area contributed by atoms with E-state index in [4.69, 9.17) is 20.9 Å². The number of para-hydroxylation sites is 1. The second-order valence-electron chi connectivity index (χ2n) is 4.03. The maximum absolute atomic E-state index is 9.22. The van der Waals surface area contributed by atoms with Gasteiger partial charge in [0.2, 0.25) is 0 Å². The van der Waals surface area contributed by atoms with E-state index in [0.717, 1.165) is 12.8 Å². The molecule has 6 heteroatoms. The molecule has 0 unspecified atom stereocenters. The molecule has 19 heavy (non-hydrogen) atoms. The van der Waals surface area contributed by atoms with Gasteiger partial charge in [-0.25, -0.2) is 0 Å². The van der Waals surface area contributed by atoms with Gasteiger partial charge < -0.3 is 14.4 Å². The lowest BCUT2D eigenvalue weighted by Crippen LogP contribution is -2.00. The second-order valence-corrected chi connectivity index (χ2v) is 4.44. The summed E-state index contributed by atoms with van der Waals surface area (Å²) in [4.78, 5) is 4.19. The van der Waals surface area contributed by atoms with Crippen molar-refractivity contribution < 1.29 is 14.4 Å². The maximum atomic E-state index is 9.22. The molecular formula is C13H15ClN2O3. The lowest BCUT2D eigenvalue weighted by Gasteiger charge is -2.09. The van der Waals surface area contributed by atoms with Gasteiger partial charge in [-0.15, -0.1) is 0 Å². The highest BCUT2D eigenvalue weighted by Crippen LogP contribution is 2.29. The van der Waals surface area contributed by atoms with Gasteiger partial charge in [-0.3, -0.25) is 0 Å². The molecule has 2 aromatic rings. The molecule has 0 atom stereocenters. The zero-order valence-corrected chi connectivity index (χ0v) is 11.4. The van der Waals surface area contributed by atoms with Crippen LogP contribution < -0.4 is 4.74 Å². The summed E-state index contributed by atoms with van der Waals surface area (Å²) in [7, 11) is 0. The van der Waals surface area contributed by atoms with Crippen LogP contribution in [0.2, 0.25) is 5.02 Å². The fraction of sp³-hybridized carbons (Fsp3) is 0.385. The fourth-order valence-electron chi connectivity index (χ4n) is 1.65. The quantitative estimate of drug-likeness (QED) is 0.882. The Morgan fingerprint density at radius 3 is 3.00 bits per heavy atom. The van der Waals surface area contributed by atoms with Crippen LogP contribution in [-0.2, 0) is 19.6 Å². The van der Waals surface area contributed by atoms with E-state index < -0.39 is 0 Å². The van der Waals surface area contributed by atoms with E-state index in [0.29, 0.717) is 28.1 Å². The van der Waals surface area contributed by atoms with Crippen molar-refractivity contribution in [3.63, 3.8) is 0 Å². The summed E-state index contributed by atoms with van der Waals surface area (Å²) in [5.74, 6) is 1.51. The maximum Gasteiger partial charge on any atom is 0.264 e. The van der Waals surface area contributed by atoms with Crippen LogP contribution in [0.25, 0.3) is 0 Å². The molecule has 0 amide bonds. The third-order valence-corrected chi connectivity index (χ3v) is 2.84. The molecule has 1 aromatic heterocycles. The van der Waals surface area contributed by atoms with Gasteiger partial charge in [-0.1, -0.05) is 35.8 Å². The number of ether oxygens (including phenoxy) is 1. The smallest absolute Gasteiger partial charge is 0.264 e. The average Bonchev–Trinajstić information content (AvgIpc) is 2.85. The number of benzene rings is 1. The van der Waals surface area contributed by atoms with E-state index in [1.54, 1.807) is 18.2 Å². The highest BCUT2D eigenvalue weighted by Gasteiger charge is 2.11. The molecule has 0 aliphatic carbocycles. The topological polar surface area (TPSA) is 68.4 Å². The van der Waals surface area contributed by atoms with Gasteiger partial charge in [0.05, 0.1) is 11.6 Å². The van der Waals surface area contributed by atoms with Gasteiger partial charge >= 0.3 is 0 Å². The third-order valence-electron chi connectivity index (χ3n) is 2.54. The molecule has 0 radical (unpaired) electrons. The Morgan fingerprint density at radius 2 is 2.26 bits per heavy atom. The van der Waals surface area contributed by atoms with Gasteiger partial charge in [0, 0.05) is 12.0 Å². The minimum absolute atomic E-state index is 0.132. The first kappa shape index (κ1) is 13.8. The Kier molecular flexibility index (Phi) is 4.76. The number of aryl methyl sites for hydroxylation is 1. The van der Waals surface area contributed by atoms with Crippen molar-refractivity contribution in [2.24, 2.45) is 0 Å². The van der Waals surface area contributed by atoms with Crippen molar-refractivity contribution in [3.05, 3.63) is 40.5 Å². The van der Waals surface area contributed by atoms with Crippen molar-refractivity contribution in [1.82, 2.24) is 10.1 Å². The summed E-state index contributed by atoms with van der Waals surface area (Å²) in [5.41, 5.74) is 0.626. The van der Waals surface area contributed by atoms with Crippen LogP contribution in [0, 0.1) is 0 Å². The van der Waals surface area contributed by atoms with E-state index in [-0.39, 0.29) is 13.2 Å². The van der Waals surface area contributed by atoms with Gasteiger partial charge in [-0.2, -0.15) is 4.98 Å². The van der Waals surface area contributed by atoms with Crippen molar-refractivity contribution in [2.75, 3.05) is 0 Å². The molecule has 0 aliphatic heterocycles. The zero-order valence-electron chi connectivity index (χ0n) is 10.6. The molecule has 0 aliphatic rings. The lowest BCUT2D eigenvalue weighted by molar-refractivity contribution is 0.229. The first-order valence-corrected chi connectivity index (χ1v) is 6.45. The molecule has 0 spiro atoms. The number of hydrogen-bond donors (Lipinski definition) is 1. The van der Waals surface area contributed by atoms with Crippen LogP contribution in [0.1, 0.15) is 30.6 Å². The van der Waals surface area contributed by atoms with E-state index in [2.05, 4.69) is 10.1 Å². The van der Waals surface area contributed by atoms with Gasteiger partial charge in [0.1, 0.15) is 5.75 Å². The average molecular weight is 283 g/mol. The Morgan fingerprint density at radius 1 is 1.42 bits per heavy atom. The van der Waals surface area contributed by atoms with Crippen LogP contribution in [-0.4, -0.2) is 15.2 Å². The number of aliphatic hydroxyl groups is 1. The first-order chi connectivity index (χ1) is 9.24. The minimum Gasteiger partial charge on any atom is -0.482 e. The molecule has 0 fully saturated rings. The summed E-state index contributed by atoms with van der Waals surface area (Å²) in [6.45, 7) is 2.04. The molecule has 0 saturated carbocycles. The number of aromatic nitrogens is 2. The Bertz CT molecular complexity index is 542. The molecule has 2 rings (SSSR count). The molecule has 0 saturated heterocycles. The van der Waals surface area contributed by atoms with E-state index in [1.807, 2.05) is 6.92 Å². The van der Waals surface area contributed by atoms with Crippen LogP contribution >= 0.6 is 11.6 Å². The number of aliphatic hydroxyl groups excluding tert-OH is 1. The Labute approximate surface area is 116 Å². The zero-order chi connectivity index (χ0) is 13.7. The predicted molar refractivity (Wildman–Crippen MR) is 70.0 cm³/mol. The first-order valence-electron chi connectivity index (χ1n) is 6.07.